The number of benzene rings is 1. The molecule has 1 fully saturated rings. The van der Waals surface area contributed by atoms with Gasteiger partial charge in [-0.1, -0.05) is 53.3 Å². The van der Waals surface area contributed by atoms with Gasteiger partial charge in [-0.3, -0.25) is 14.5 Å². The van der Waals surface area contributed by atoms with Gasteiger partial charge in [0.1, 0.15) is 29.6 Å². The number of nitrogens with zero attached hydrogens (tertiary/aromatic N) is 2. The number of ether oxygens (including phenoxy) is 2. The molecule has 1 aromatic heterocycles. The number of carboxylic acid groups (broad SMARTS) is 1. The first kappa shape index (κ1) is 28.0. The molecular weight excluding hydrogens is 476 g/mol. The van der Waals surface area contributed by atoms with Crippen molar-refractivity contribution in [3.05, 3.63) is 58.1 Å². The molecular formula is C28H38N2O5S. The molecule has 0 bridgehead atoms. The van der Waals surface area contributed by atoms with E-state index < -0.39 is 18.1 Å². The maximum atomic E-state index is 13.7. The van der Waals surface area contributed by atoms with Crippen LogP contribution in [0.2, 0.25) is 0 Å². The van der Waals surface area contributed by atoms with Crippen molar-refractivity contribution in [1.29, 1.82) is 0 Å². The second-order valence-electron chi connectivity index (χ2n) is 10.8. The molecule has 3 unspecified atom stereocenters. The monoisotopic (exact) mass is 514 g/mol. The first-order valence-corrected chi connectivity index (χ1v) is 13.2. The van der Waals surface area contributed by atoms with E-state index in [2.05, 4.69) is 46.2 Å². The Morgan fingerprint density at radius 1 is 1.28 bits per heavy atom. The molecule has 0 saturated carbocycles. The zero-order chi connectivity index (χ0) is 26.6. The van der Waals surface area contributed by atoms with Gasteiger partial charge in [0.25, 0.3) is 0 Å². The SMILES string of the molecule is C=C(CC(C)C)C(OCN1C(C(=O)O)CCC1c1nccs1)C(=O)c1ccc(C(C)(C)C)c(OC)c1. The van der Waals surface area contributed by atoms with E-state index in [0.717, 1.165) is 10.6 Å². The molecule has 1 aliphatic heterocycles. The number of carbonyl (C=O) groups excluding carboxylic acids is 1. The minimum absolute atomic E-state index is 0.00799. The summed E-state index contributed by atoms with van der Waals surface area (Å²) in [5.74, 6) is -0.174. The highest BCUT2D eigenvalue weighted by atomic mass is 32.1. The van der Waals surface area contributed by atoms with Crippen LogP contribution in [0.25, 0.3) is 0 Å². The van der Waals surface area contributed by atoms with Crippen molar-refractivity contribution in [3.8, 4) is 5.75 Å². The van der Waals surface area contributed by atoms with Gasteiger partial charge in [-0.2, -0.15) is 0 Å². The third kappa shape index (κ3) is 6.41. The molecule has 0 spiro atoms. The van der Waals surface area contributed by atoms with Crippen LogP contribution in [0.15, 0.2) is 41.9 Å². The molecule has 0 aliphatic carbocycles. The van der Waals surface area contributed by atoms with Crippen molar-refractivity contribution >= 4 is 23.1 Å². The number of aromatic nitrogens is 1. The maximum absolute atomic E-state index is 13.7. The molecule has 1 aromatic carbocycles. The van der Waals surface area contributed by atoms with E-state index in [4.69, 9.17) is 9.47 Å². The average Bonchev–Trinajstić information content (AvgIpc) is 3.47. The number of likely N-dealkylation sites (tertiary alicyclic amines) is 1. The van der Waals surface area contributed by atoms with Gasteiger partial charge in [-0.15, -0.1) is 11.3 Å². The van der Waals surface area contributed by atoms with Gasteiger partial charge >= 0.3 is 5.97 Å². The normalized spacial score (nSPS) is 19.4. The summed E-state index contributed by atoms with van der Waals surface area (Å²) in [5, 5.41) is 12.6. The van der Waals surface area contributed by atoms with E-state index >= 15 is 0 Å². The van der Waals surface area contributed by atoms with Gasteiger partial charge in [0.15, 0.2) is 5.78 Å². The fourth-order valence-electron chi connectivity index (χ4n) is 4.76. The maximum Gasteiger partial charge on any atom is 0.321 e. The molecule has 1 N–H and O–H groups in total. The Kier molecular flexibility index (Phi) is 9.08. The summed E-state index contributed by atoms with van der Waals surface area (Å²) in [7, 11) is 1.60. The van der Waals surface area contributed by atoms with Gasteiger partial charge in [-0.25, -0.2) is 4.98 Å². The summed E-state index contributed by atoms with van der Waals surface area (Å²) in [4.78, 5) is 31.9. The molecule has 8 heteroatoms. The van der Waals surface area contributed by atoms with Crippen LogP contribution in [0.1, 0.15) is 80.9 Å². The third-order valence-electron chi connectivity index (χ3n) is 6.50. The smallest absolute Gasteiger partial charge is 0.321 e. The minimum Gasteiger partial charge on any atom is -0.496 e. The lowest BCUT2D eigenvalue weighted by Gasteiger charge is -2.30. The highest BCUT2D eigenvalue weighted by molar-refractivity contribution is 7.09. The van der Waals surface area contributed by atoms with Gasteiger partial charge in [0, 0.05) is 17.1 Å². The van der Waals surface area contributed by atoms with E-state index in [-0.39, 0.29) is 29.9 Å². The number of carbonyl (C=O) groups is 2. The standard InChI is InChI=1S/C28H38N2O5S/c1-17(2)14-18(3)25(24(31)19-8-9-20(28(4,5)6)23(15-19)34-7)35-16-30-21(26-29-12-13-36-26)10-11-22(30)27(32)33/h8-9,12-13,15,17,21-22,25H,3,10-11,14,16H2,1-2,4-7H3,(H,32,33). The van der Waals surface area contributed by atoms with E-state index in [9.17, 15) is 14.7 Å². The lowest BCUT2D eigenvalue weighted by atomic mass is 9.85. The highest BCUT2D eigenvalue weighted by Crippen LogP contribution is 2.38. The molecule has 1 aliphatic rings. The number of thiazole rings is 1. The molecule has 196 valence electrons. The van der Waals surface area contributed by atoms with Crippen LogP contribution < -0.4 is 4.74 Å². The average molecular weight is 515 g/mol. The number of methoxy groups -OCH3 is 1. The second kappa shape index (κ2) is 11.7. The molecule has 3 atom stereocenters. The predicted molar refractivity (Wildman–Crippen MR) is 142 cm³/mol. The van der Waals surface area contributed by atoms with E-state index in [1.165, 1.54) is 11.3 Å². The zero-order valence-corrected chi connectivity index (χ0v) is 22.9. The Morgan fingerprint density at radius 2 is 2.00 bits per heavy atom. The quantitative estimate of drug-likeness (QED) is 0.296. The second-order valence-corrected chi connectivity index (χ2v) is 11.7. The number of aliphatic carboxylic acids is 1. The number of carboxylic acids is 1. The van der Waals surface area contributed by atoms with Gasteiger partial charge in [-0.05, 0) is 47.8 Å². The predicted octanol–water partition coefficient (Wildman–Crippen LogP) is 5.87. The molecule has 0 radical (unpaired) electrons. The molecule has 1 saturated heterocycles. The summed E-state index contributed by atoms with van der Waals surface area (Å²) in [6, 6.07) is 4.63. The minimum atomic E-state index is -0.899. The van der Waals surface area contributed by atoms with Crippen LogP contribution in [0.3, 0.4) is 0 Å². The van der Waals surface area contributed by atoms with Gasteiger partial charge < -0.3 is 14.6 Å². The number of rotatable bonds is 11. The van der Waals surface area contributed by atoms with Crippen molar-refractivity contribution in [1.82, 2.24) is 9.88 Å². The number of Topliss-reactive ketones (excluding diaryl/α,β-unsaturated/α-hetero) is 1. The topological polar surface area (TPSA) is 89.0 Å². The number of ketones is 1. The summed E-state index contributed by atoms with van der Waals surface area (Å²) in [6.07, 6.45) is 2.61. The lowest BCUT2D eigenvalue weighted by molar-refractivity contribution is -0.145. The summed E-state index contributed by atoms with van der Waals surface area (Å²) >= 11 is 1.50. The van der Waals surface area contributed by atoms with Crippen LogP contribution in [0.5, 0.6) is 5.75 Å². The van der Waals surface area contributed by atoms with Gasteiger partial charge in [0.05, 0.1) is 13.2 Å². The van der Waals surface area contributed by atoms with Crippen LogP contribution in [-0.2, 0) is 14.9 Å². The number of hydrogen-bond acceptors (Lipinski definition) is 7. The van der Waals surface area contributed by atoms with Crippen LogP contribution >= 0.6 is 11.3 Å². The molecule has 2 aromatic rings. The summed E-state index contributed by atoms with van der Waals surface area (Å²) < 4.78 is 11.8. The first-order chi connectivity index (χ1) is 16.9. The van der Waals surface area contributed by atoms with Crippen molar-refractivity contribution in [2.75, 3.05) is 13.8 Å². The van der Waals surface area contributed by atoms with E-state index in [1.54, 1.807) is 30.3 Å². The fraction of sp³-hybridized carbons (Fsp3) is 0.536. The Hall–Kier alpha value is -2.55. The summed E-state index contributed by atoms with van der Waals surface area (Å²) in [6.45, 7) is 14.6. The van der Waals surface area contributed by atoms with Crippen LogP contribution in [0, 0.1) is 5.92 Å². The Balaban J connectivity index is 1.89. The zero-order valence-electron chi connectivity index (χ0n) is 22.1. The van der Waals surface area contributed by atoms with Crippen LogP contribution in [-0.4, -0.2) is 52.7 Å². The van der Waals surface area contributed by atoms with E-state index in [1.807, 2.05) is 11.4 Å². The fourth-order valence-corrected chi connectivity index (χ4v) is 5.55. The lowest BCUT2D eigenvalue weighted by Crippen LogP contribution is -2.41. The first-order valence-electron chi connectivity index (χ1n) is 12.3. The Labute approximate surface area is 218 Å². The van der Waals surface area contributed by atoms with E-state index in [0.29, 0.717) is 36.1 Å². The van der Waals surface area contributed by atoms with Crippen molar-refractivity contribution < 1.29 is 24.2 Å². The molecule has 3 rings (SSSR count). The number of hydrogen-bond donors (Lipinski definition) is 1. The van der Waals surface area contributed by atoms with Crippen LogP contribution in [0.4, 0.5) is 0 Å². The van der Waals surface area contributed by atoms with Gasteiger partial charge in [0.2, 0.25) is 0 Å². The van der Waals surface area contributed by atoms with Crippen molar-refractivity contribution in [2.45, 2.75) is 77.5 Å². The Bertz CT molecular complexity index is 1070. The largest absolute Gasteiger partial charge is 0.496 e. The Morgan fingerprint density at radius 3 is 2.56 bits per heavy atom. The molecule has 7 nitrogen and oxygen atoms in total. The van der Waals surface area contributed by atoms with Crippen molar-refractivity contribution in [3.63, 3.8) is 0 Å². The third-order valence-corrected chi connectivity index (χ3v) is 7.38. The molecule has 36 heavy (non-hydrogen) atoms. The molecule has 0 amide bonds. The van der Waals surface area contributed by atoms with Crippen molar-refractivity contribution in [2.24, 2.45) is 5.92 Å². The highest BCUT2D eigenvalue weighted by Gasteiger charge is 2.41. The summed E-state index contributed by atoms with van der Waals surface area (Å²) in [5.41, 5.74) is 2.01. The molecule has 2 heterocycles.